The molecule has 0 unspecified atom stereocenters. The molecule has 4 rings (SSSR count). The fourth-order valence-corrected chi connectivity index (χ4v) is 7.14. The highest BCUT2D eigenvalue weighted by molar-refractivity contribution is 5.87. The number of hydrogen-bond acceptors (Lipinski definition) is 10. The Morgan fingerprint density at radius 2 is 1.82 bits per heavy atom. The Morgan fingerprint density at radius 3 is 2.36 bits per heavy atom. The lowest BCUT2D eigenvalue weighted by Crippen LogP contribution is -2.73. The van der Waals surface area contributed by atoms with E-state index in [9.17, 15) is 24.0 Å². The van der Waals surface area contributed by atoms with Crippen molar-refractivity contribution >= 4 is 29.7 Å². The average Bonchev–Trinajstić information content (AvgIpc) is 3.56. The molecular weight excluding hydrogens is 508 g/mol. The van der Waals surface area contributed by atoms with Gasteiger partial charge in [0.2, 0.25) is 0 Å². The van der Waals surface area contributed by atoms with Gasteiger partial charge >= 0.3 is 23.9 Å². The molecule has 0 aromatic rings. The summed E-state index contributed by atoms with van der Waals surface area (Å²) in [7, 11) is 0. The molecule has 0 amide bonds. The van der Waals surface area contributed by atoms with Gasteiger partial charge < -0.3 is 23.7 Å². The fourth-order valence-electron chi connectivity index (χ4n) is 7.14. The first-order chi connectivity index (χ1) is 18.3. The highest BCUT2D eigenvalue weighted by atomic mass is 16.6. The van der Waals surface area contributed by atoms with Gasteiger partial charge in [0, 0.05) is 32.3 Å². The highest BCUT2D eigenvalue weighted by Gasteiger charge is 2.81. The minimum atomic E-state index is -1.27. The standard InChI is InChI=1S/C29H40O10/c1-7-16(2)26(34)39-23-12-21(32)25-27(6,9-8-20-11-24(33)35-13-20)17(3)10-22(38-19(5)31)28(25,14-36-18(4)30)29(23)15-37-29/h11,16-17,22-23,25H,7-10,12-15H2,1-6H3/t16-,17+,22-,23-,25+,27-,28+,29+/m0/s1. The van der Waals surface area contributed by atoms with E-state index in [1.807, 2.05) is 20.8 Å². The molecule has 2 aliphatic heterocycles. The molecule has 2 saturated carbocycles. The Hall–Kier alpha value is -2.75. The first-order valence-electron chi connectivity index (χ1n) is 13.8. The lowest BCUT2D eigenvalue weighted by atomic mass is 9.42. The van der Waals surface area contributed by atoms with Crippen LogP contribution in [0.15, 0.2) is 11.6 Å². The Balaban J connectivity index is 1.82. The number of rotatable bonds is 9. The number of hydrogen-bond donors (Lipinski definition) is 0. The van der Waals surface area contributed by atoms with E-state index in [0.29, 0.717) is 25.7 Å². The van der Waals surface area contributed by atoms with Crippen LogP contribution in [0.2, 0.25) is 0 Å². The molecule has 1 spiro atoms. The number of esters is 4. The van der Waals surface area contributed by atoms with E-state index in [4.69, 9.17) is 23.7 Å². The summed E-state index contributed by atoms with van der Waals surface area (Å²) in [5, 5.41) is 0. The van der Waals surface area contributed by atoms with Gasteiger partial charge in [0.25, 0.3) is 0 Å². The van der Waals surface area contributed by atoms with Crippen LogP contribution in [0.1, 0.15) is 73.6 Å². The van der Waals surface area contributed by atoms with Gasteiger partial charge in [-0.1, -0.05) is 27.7 Å². The second kappa shape index (κ2) is 10.7. The van der Waals surface area contributed by atoms with Crippen molar-refractivity contribution < 1.29 is 47.7 Å². The van der Waals surface area contributed by atoms with Crippen molar-refractivity contribution in [3.8, 4) is 0 Å². The normalized spacial score (nSPS) is 37.8. The lowest BCUT2D eigenvalue weighted by molar-refractivity contribution is -0.242. The fraction of sp³-hybridized carbons (Fsp3) is 0.759. The second-order valence-electron chi connectivity index (χ2n) is 12.0. The Bertz CT molecular complexity index is 1070. The second-order valence-corrected chi connectivity index (χ2v) is 12.0. The number of Topliss-reactive ketones (excluding diaryl/α,β-unsaturated/α-hetero) is 1. The third-order valence-corrected chi connectivity index (χ3v) is 9.72. The third kappa shape index (κ3) is 5.00. The van der Waals surface area contributed by atoms with Crippen LogP contribution in [0, 0.1) is 28.6 Å². The topological polar surface area (TPSA) is 135 Å². The van der Waals surface area contributed by atoms with Gasteiger partial charge in [-0.25, -0.2) is 4.79 Å². The van der Waals surface area contributed by atoms with E-state index in [2.05, 4.69) is 0 Å². The molecule has 0 aromatic carbocycles. The maximum atomic E-state index is 14.2. The van der Waals surface area contributed by atoms with Crippen LogP contribution in [0.4, 0.5) is 0 Å². The molecule has 0 radical (unpaired) electrons. The number of carbonyl (C=O) groups excluding carboxylic acids is 5. The number of cyclic esters (lactones) is 1. The zero-order chi connectivity index (χ0) is 28.8. The zero-order valence-corrected chi connectivity index (χ0v) is 23.7. The van der Waals surface area contributed by atoms with Gasteiger partial charge in [0.1, 0.15) is 36.8 Å². The van der Waals surface area contributed by atoms with E-state index in [-0.39, 0.29) is 49.8 Å². The molecule has 4 aliphatic rings. The predicted molar refractivity (Wildman–Crippen MR) is 136 cm³/mol. The number of carbonyl (C=O) groups is 5. The van der Waals surface area contributed by atoms with Crippen molar-refractivity contribution in [2.75, 3.05) is 19.8 Å². The van der Waals surface area contributed by atoms with Crippen molar-refractivity contribution in [2.45, 2.75) is 91.5 Å². The van der Waals surface area contributed by atoms with Gasteiger partial charge in [-0.05, 0) is 42.6 Å². The molecular formula is C29H40O10. The summed E-state index contributed by atoms with van der Waals surface area (Å²) in [6.45, 7) is 10.5. The molecule has 10 nitrogen and oxygen atoms in total. The molecule has 0 aromatic heterocycles. The average molecular weight is 549 g/mol. The van der Waals surface area contributed by atoms with Crippen LogP contribution >= 0.6 is 0 Å². The van der Waals surface area contributed by atoms with E-state index in [1.54, 1.807) is 6.92 Å². The van der Waals surface area contributed by atoms with Crippen molar-refractivity contribution in [2.24, 2.45) is 28.6 Å². The van der Waals surface area contributed by atoms with Crippen LogP contribution in [0.3, 0.4) is 0 Å². The van der Waals surface area contributed by atoms with Crippen LogP contribution in [-0.4, -0.2) is 67.3 Å². The summed E-state index contributed by atoms with van der Waals surface area (Å²) in [5.41, 5.74) is -2.21. The van der Waals surface area contributed by atoms with Gasteiger partial charge in [-0.3, -0.25) is 19.2 Å². The molecule has 39 heavy (non-hydrogen) atoms. The molecule has 10 heteroatoms. The third-order valence-electron chi connectivity index (χ3n) is 9.72. The summed E-state index contributed by atoms with van der Waals surface area (Å²) in [4.78, 5) is 63.3. The molecule has 0 bridgehead atoms. The molecule has 0 N–H and O–H groups in total. The van der Waals surface area contributed by atoms with E-state index >= 15 is 0 Å². The minimum Gasteiger partial charge on any atom is -0.465 e. The minimum absolute atomic E-state index is 0.0476. The molecule has 3 fully saturated rings. The maximum absolute atomic E-state index is 14.2. The number of ether oxygens (including phenoxy) is 5. The molecule has 216 valence electrons. The molecule has 1 saturated heterocycles. The van der Waals surface area contributed by atoms with Gasteiger partial charge in [-0.2, -0.15) is 0 Å². The van der Waals surface area contributed by atoms with Gasteiger partial charge in [-0.15, -0.1) is 0 Å². The Morgan fingerprint density at radius 1 is 1.13 bits per heavy atom. The lowest BCUT2D eigenvalue weighted by Gasteiger charge is -2.62. The largest absolute Gasteiger partial charge is 0.465 e. The SMILES string of the molecule is CC[C@H](C)C(=O)O[C@H]1CC(=O)[C@@H]2[C@@](C)(CCC3=CC(=O)OC3)[C@H](C)C[C@H](OC(C)=O)[C@@]2(COC(C)=O)[C@@]12CO2. The number of fused-ring (bicyclic) bond motifs is 2. The summed E-state index contributed by atoms with van der Waals surface area (Å²) in [5.74, 6) is -3.19. The van der Waals surface area contributed by atoms with Crippen LogP contribution in [0.25, 0.3) is 0 Å². The van der Waals surface area contributed by atoms with Crippen molar-refractivity contribution in [3.05, 3.63) is 11.6 Å². The molecule has 2 heterocycles. The first-order valence-corrected chi connectivity index (χ1v) is 13.8. The monoisotopic (exact) mass is 548 g/mol. The van der Waals surface area contributed by atoms with Crippen LogP contribution in [0.5, 0.6) is 0 Å². The number of epoxide rings is 1. The van der Waals surface area contributed by atoms with Gasteiger partial charge in [0.15, 0.2) is 0 Å². The van der Waals surface area contributed by atoms with E-state index in [1.165, 1.54) is 19.9 Å². The Labute approximate surface area is 229 Å². The van der Waals surface area contributed by atoms with E-state index < -0.39 is 52.5 Å². The summed E-state index contributed by atoms with van der Waals surface area (Å²) in [6.07, 6.45) is 1.78. The Kier molecular flexibility index (Phi) is 8.00. The highest BCUT2D eigenvalue weighted by Crippen LogP contribution is 2.68. The first kappa shape index (κ1) is 29.2. The van der Waals surface area contributed by atoms with Gasteiger partial charge in [0.05, 0.1) is 17.9 Å². The van der Waals surface area contributed by atoms with E-state index in [0.717, 1.165) is 5.57 Å². The summed E-state index contributed by atoms with van der Waals surface area (Å²) < 4.78 is 28.7. The van der Waals surface area contributed by atoms with Crippen LogP contribution in [-0.2, 0) is 47.7 Å². The summed E-state index contributed by atoms with van der Waals surface area (Å²) >= 11 is 0. The maximum Gasteiger partial charge on any atom is 0.331 e. The summed E-state index contributed by atoms with van der Waals surface area (Å²) in [6, 6.07) is 0. The molecule has 2 aliphatic carbocycles. The van der Waals surface area contributed by atoms with Crippen LogP contribution < -0.4 is 0 Å². The smallest absolute Gasteiger partial charge is 0.331 e. The number of ketones is 1. The van der Waals surface area contributed by atoms with Crippen molar-refractivity contribution in [1.29, 1.82) is 0 Å². The van der Waals surface area contributed by atoms with Crippen molar-refractivity contribution in [1.82, 2.24) is 0 Å². The predicted octanol–water partition coefficient (Wildman–Crippen LogP) is 3.09. The quantitative estimate of drug-likeness (QED) is 0.240. The molecule has 8 atom stereocenters. The van der Waals surface area contributed by atoms with Crippen molar-refractivity contribution in [3.63, 3.8) is 0 Å². The zero-order valence-electron chi connectivity index (χ0n) is 23.7.